The van der Waals surface area contributed by atoms with E-state index < -0.39 is 11.9 Å². The SMILES string of the molecule is Nc1c2c(cc3c1C(=O)N(C1CCC(=O)NC1=O)C3)C(=O)NC2. The highest BCUT2D eigenvalue weighted by atomic mass is 16.2. The summed E-state index contributed by atoms with van der Waals surface area (Å²) in [4.78, 5) is 49.2. The number of nitrogens with two attached hydrogens (primary N) is 1. The first-order valence-corrected chi connectivity index (χ1v) is 7.34. The number of nitrogens with zero attached hydrogens (tertiary/aromatic N) is 1. The summed E-state index contributed by atoms with van der Waals surface area (Å²) < 4.78 is 0. The molecule has 1 aromatic rings. The molecular formula is C15H14N4O4. The monoisotopic (exact) mass is 314 g/mol. The summed E-state index contributed by atoms with van der Waals surface area (Å²) in [5.41, 5.74) is 8.52. The van der Waals surface area contributed by atoms with Crippen LogP contribution in [0.3, 0.4) is 0 Å². The van der Waals surface area contributed by atoms with E-state index in [1.165, 1.54) is 4.90 Å². The maximum atomic E-state index is 12.7. The molecule has 23 heavy (non-hydrogen) atoms. The molecule has 1 unspecified atom stereocenters. The lowest BCUT2D eigenvalue weighted by atomic mass is 9.99. The molecule has 8 heteroatoms. The van der Waals surface area contributed by atoms with Crippen LogP contribution in [0.4, 0.5) is 5.69 Å². The molecule has 3 aliphatic rings. The lowest BCUT2D eigenvalue weighted by Gasteiger charge is -2.29. The lowest BCUT2D eigenvalue weighted by Crippen LogP contribution is -2.52. The van der Waals surface area contributed by atoms with Crippen molar-refractivity contribution in [2.75, 3.05) is 5.73 Å². The number of carbonyl (C=O) groups excluding carboxylic acids is 4. The number of rotatable bonds is 1. The first-order valence-electron chi connectivity index (χ1n) is 7.34. The summed E-state index contributed by atoms with van der Waals surface area (Å²) in [6, 6.07) is 0.989. The van der Waals surface area contributed by atoms with Gasteiger partial charge in [-0.1, -0.05) is 0 Å². The van der Waals surface area contributed by atoms with Crippen LogP contribution in [0.5, 0.6) is 0 Å². The third-order valence-electron chi connectivity index (χ3n) is 4.63. The van der Waals surface area contributed by atoms with Crippen LogP contribution in [0.2, 0.25) is 0 Å². The van der Waals surface area contributed by atoms with Crippen molar-refractivity contribution in [1.29, 1.82) is 0 Å². The molecule has 1 aromatic carbocycles. The topological polar surface area (TPSA) is 122 Å². The van der Waals surface area contributed by atoms with Crippen LogP contribution in [0, 0.1) is 0 Å². The number of imide groups is 1. The van der Waals surface area contributed by atoms with Crippen molar-refractivity contribution in [2.24, 2.45) is 0 Å². The summed E-state index contributed by atoms with van der Waals surface area (Å²) in [6.07, 6.45) is 0.495. The first-order chi connectivity index (χ1) is 11.0. The lowest BCUT2D eigenvalue weighted by molar-refractivity contribution is -0.136. The van der Waals surface area contributed by atoms with Gasteiger partial charge in [-0.2, -0.15) is 0 Å². The van der Waals surface area contributed by atoms with E-state index in [1.807, 2.05) is 0 Å². The molecule has 4 rings (SSSR count). The van der Waals surface area contributed by atoms with Gasteiger partial charge in [0, 0.05) is 30.6 Å². The quantitative estimate of drug-likeness (QED) is 0.466. The first kappa shape index (κ1) is 13.7. The van der Waals surface area contributed by atoms with Gasteiger partial charge in [-0.15, -0.1) is 0 Å². The number of benzene rings is 1. The Hall–Kier alpha value is -2.90. The summed E-state index contributed by atoms with van der Waals surface area (Å²) in [5.74, 6) is -1.33. The second-order valence-electron chi connectivity index (χ2n) is 5.93. The molecular weight excluding hydrogens is 300 g/mol. The van der Waals surface area contributed by atoms with Gasteiger partial charge in [0.25, 0.3) is 11.8 Å². The predicted molar refractivity (Wildman–Crippen MR) is 78.1 cm³/mol. The Kier molecular flexibility index (Phi) is 2.72. The van der Waals surface area contributed by atoms with Crippen molar-refractivity contribution < 1.29 is 19.2 Å². The van der Waals surface area contributed by atoms with Gasteiger partial charge in [0.1, 0.15) is 6.04 Å². The maximum absolute atomic E-state index is 12.7. The van der Waals surface area contributed by atoms with E-state index in [2.05, 4.69) is 10.6 Å². The standard InChI is InChI=1S/C15H14N4O4/c16-12-8-4-17-13(21)7(8)3-6-5-19(15(23)11(6)12)9-1-2-10(20)18-14(9)22/h3,9H,1-2,4-5,16H2,(H,17,21)(H,18,20,22). The Balaban J connectivity index is 1.72. The Morgan fingerprint density at radius 1 is 1.22 bits per heavy atom. The van der Waals surface area contributed by atoms with Gasteiger partial charge < -0.3 is 16.0 Å². The molecule has 8 nitrogen and oxygen atoms in total. The van der Waals surface area contributed by atoms with Crippen LogP contribution in [0.1, 0.15) is 44.7 Å². The number of anilines is 1. The number of hydrogen-bond donors (Lipinski definition) is 3. The number of piperidine rings is 1. The van der Waals surface area contributed by atoms with Crippen LogP contribution >= 0.6 is 0 Å². The molecule has 4 amide bonds. The van der Waals surface area contributed by atoms with Gasteiger partial charge in [-0.25, -0.2) is 0 Å². The number of amides is 4. The zero-order valence-electron chi connectivity index (χ0n) is 12.1. The molecule has 0 bridgehead atoms. The molecule has 1 atom stereocenters. The number of carbonyl (C=O) groups is 4. The molecule has 3 heterocycles. The number of hydrogen-bond acceptors (Lipinski definition) is 5. The Labute approximate surface area is 131 Å². The third-order valence-corrected chi connectivity index (χ3v) is 4.63. The highest BCUT2D eigenvalue weighted by Gasteiger charge is 2.41. The second kappa shape index (κ2) is 4.55. The van der Waals surface area contributed by atoms with Crippen molar-refractivity contribution in [3.8, 4) is 0 Å². The summed E-state index contributed by atoms with van der Waals surface area (Å²) in [5, 5.41) is 4.94. The minimum atomic E-state index is -0.685. The largest absolute Gasteiger partial charge is 0.398 e. The fourth-order valence-electron chi connectivity index (χ4n) is 3.47. The van der Waals surface area contributed by atoms with Gasteiger partial charge in [0.05, 0.1) is 11.3 Å². The number of nitrogen functional groups attached to an aromatic ring is 1. The number of nitrogens with one attached hydrogen (secondary N) is 2. The van der Waals surface area contributed by atoms with Crippen LogP contribution in [0.25, 0.3) is 0 Å². The molecule has 0 saturated carbocycles. The maximum Gasteiger partial charge on any atom is 0.257 e. The van der Waals surface area contributed by atoms with Gasteiger partial charge in [0.15, 0.2) is 0 Å². The average molecular weight is 314 g/mol. The molecule has 118 valence electrons. The third kappa shape index (κ3) is 1.84. The van der Waals surface area contributed by atoms with E-state index >= 15 is 0 Å². The van der Waals surface area contributed by atoms with Crippen LogP contribution < -0.4 is 16.4 Å². The fourth-order valence-corrected chi connectivity index (χ4v) is 3.47. The smallest absolute Gasteiger partial charge is 0.257 e. The van der Waals surface area contributed by atoms with E-state index in [9.17, 15) is 19.2 Å². The molecule has 3 aliphatic heterocycles. The normalized spacial score (nSPS) is 22.8. The van der Waals surface area contributed by atoms with Crippen molar-refractivity contribution in [3.05, 3.63) is 28.3 Å². The Bertz CT molecular complexity index is 801. The number of fused-ring (bicyclic) bond motifs is 2. The molecule has 0 radical (unpaired) electrons. The molecule has 4 N–H and O–H groups in total. The van der Waals surface area contributed by atoms with Crippen LogP contribution in [-0.2, 0) is 22.7 Å². The molecule has 0 aromatic heterocycles. The van der Waals surface area contributed by atoms with E-state index in [4.69, 9.17) is 5.73 Å². The van der Waals surface area contributed by atoms with E-state index in [0.29, 0.717) is 40.9 Å². The minimum absolute atomic E-state index is 0.199. The molecule has 1 saturated heterocycles. The van der Waals surface area contributed by atoms with Crippen molar-refractivity contribution in [3.63, 3.8) is 0 Å². The van der Waals surface area contributed by atoms with Gasteiger partial charge in [-0.3, -0.25) is 24.5 Å². The highest BCUT2D eigenvalue weighted by Crippen LogP contribution is 2.36. The van der Waals surface area contributed by atoms with Crippen molar-refractivity contribution >= 4 is 29.3 Å². The summed E-state index contributed by atoms with van der Waals surface area (Å²) >= 11 is 0. The van der Waals surface area contributed by atoms with Gasteiger partial charge in [-0.05, 0) is 18.1 Å². The fraction of sp³-hybridized carbons (Fsp3) is 0.333. The zero-order valence-corrected chi connectivity index (χ0v) is 12.1. The van der Waals surface area contributed by atoms with Crippen molar-refractivity contribution in [1.82, 2.24) is 15.5 Å². The van der Waals surface area contributed by atoms with E-state index in [0.717, 1.165) is 0 Å². The average Bonchev–Trinajstić information content (AvgIpc) is 3.02. The van der Waals surface area contributed by atoms with Crippen LogP contribution in [0.15, 0.2) is 6.07 Å². The Morgan fingerprint density at radius 2 is 2.00 bits per heavy atom. The van der Waals surface area contributed by atoms with Crippen LogP contribution in [-0.4, -0.2) is 34.6 Å². The zero-order chi connectivity index (χ0) is 16.3. The van der Waals surface area contributed by atoms with E-state index in [-0.39, 0.29) is 30.7 Å². The predicted octanol–water partition coefficient (Wildman–Crippen LogP) is -0.727. The highest BCUT2D eigenvalue weighted by molar-refractivity contribution is 6.10. The molecule has 0 aliphatic carbocycles. The van der Waals surface area contributed by atoms with E-state index in [1.54, 1.807) is 6.07 Å². The Morgan fingerprint density at radius 3 is 2.74 bits per heavy atom. The minimum Gasteiger partial charge on any atom is -0.398 e. The van der Waals surface area contributed by atoms with Gasteiger partial charge >= 0.3 is 0 Å². The van der Waals surface area contributed by atoms with Crippen molar-refractivity contribution in [2.45, 2.75) is 32.0 Å². The second-order valence-corrected chi connectivity index (χ2v) is 5.93. The molecule has 0 spiro atoms. The summed E-state index contributed by atoms with van der Waals surface area (Å²) in [7, 11) is 0. The van der Waals surface area contributed by atoms with Gasteiger partial charge in [0.2, 0.25) is 11.8 Å². The molecule has 1 fully saturated rings. The summed E-state index contributed by atoms with van der Waals surface area (Å²) in [6.45, 7) is 0.518.